The van der Waals surface area contributed by atoms with Crippen molar-refractivity contribution >= 4 is 34.8 Å². The number of hydrogen-bond acceptors (Lipinski definition) is 7. The highest BCUT2D eigenvalue weighted by molar-refractivity contribution is 7.09. The van der Waals surface area contributed by atoms with Gasteiger partial charge in [-0.2, -0.15) is 0 Å². The van der Waals surface area contributed by atoms with Crippen LogP contribution in [0.4, 0.5) is 0 Å². The molecular weight excluding hydrogens is 500 g/mol. The predicted octanol–water partition coefficient (Wildman–Crippen LogP) is 3.58. The molecule has 2 fully saturated rings. The third-order valence-electron chi connectivity index (χ3n) is 6.81. The minimum absolute atomic E-state index is 0.0283. The zero-order valence-corrected chi connectivity index (χ0v) is 22.8. The van der Waals surface area contributed by atoms with Gasteiger partial charge in [0, 0.05) is 55.7 Å². The quantitative estimate of drug-likeness (QED) is 0.557. The topological polar surface area (TPSA) is 84.0 Å². The first-order valence-corrected chi connectivity index (χ1v) is 13.7. The van der Waals surface area contributed by atoms with E-state index in [1.165, 1.54) is 6.92 Å². The highest BCUT2D eigenvalue weighted by Gasteiger charge is 2.41. The molecule has 2 aliphatic heterocycles. The Labute approximate surface area is 221 Å². The van der Waals surface area contributed by atoms with Crippen molar-refractivity contribution in [2.75, 3.05) is 39.4 Å². The summed E-state index contributed by atoms with van der Waals surface area (Å²) >= 11 is 7.97. The number of carbonyl (C=O) groups excluding carboxylic acids is 2. The molecule has 2 amide bonds. The van der Waals surface area contributed by atoms with Crippen molar-refractivity contribution in [3.8, 4) is 5.75 Å². The fourth-order valence-electron chi connectivity index (χ4n) is 4.98. The van der Waals surface area contributed by atoms with Gasteiger partial charge in [0.25, 0.3) is 0 Å². The van der Waals surface area contributed by atoms with Crippen LogP contribution in [0.3, 0.4) is 0 Å². The van der Waals surface area contributed by atoms with Crippen LogP contribution in [0.5, 0.6) is 5.75 Å². The molecule has 2 aromatic rings. The first-order valence-electron chi connectivity index (χ1n) is 12.4. The normalized spacial score (nSPS) is 21.4. The van der Waals surface area contributed by atoms with Crippen LogP contribution in [0, 0.1) is 13.8 Å². The number of aryl methyl sites for hydroxylation is 2. The van der Waals surface area contributed by atoms with Gasteiger partial charge in [0.1, 0.15) is 23.0 Å². The van der Waals surface area contributed by atoms with Crippen molar-refractivity contribution in [1.29, 1.82) is 0 Å². The van der Waals surface area contributed by atoms with Crippen LogP contribution in [-0.4, -0.2) is 77.6 Å². The number of rotatable bonds is 8. The van der Waals surface area contributed by atoms with Gasteiger partial charge in [-0.3, -0.25) is 14.5 Å². The Bertz CT molecular complexity index is 1040. The van der Waals surface area contributed by atoms with Crippen molar-refractivity contribution in [2.24, 2.45) is 0 Å². The average Bonchev–Trinajstić information content (AvgIpc) is 3.34. The molecule has 0 radical (unpaired) electrons. The summed E-state index contributed by atoms with van der Waals surface area (Å²) < 4.78 is 12.6. The lowest BCUT2D eigenvalue weighted by molar-refractivity contribution is -0.157. The molecule has 2 saturated heterocycles. The van der Waals surface area contributed by atoms with E-state index in [-0.39, 0.29) is 30.9 Å². The van der Waals surface area contributed by atoms with Crippen molar-refractivity contribution < 1.29 is 19.1 Å². The van der Waals surface area contributed by atoms with Gasteiger partial charge >= 0.3 is 0 Å². The summed E-state index contributed by atoms with van der Waals surface area (Å²) in [5.74, 6) is 0.747. The maximum atomic E-state index is 13.4. The lowest BCUT2D eigenvalue weighted by atomic mass is 9.95. The number of nitrogens with zero attached hydrogens (tertiary/aromatic N) is 3. The fraction of sp³-hybridized carbons (Fsp3) is 0.577. The maximum Gasteiger partial charge on any atom is 0.225 e. The second-order valence-corrected chi connectivity index (χ2v) is 11.2. The van der Waals surface area contributed by atoms with Crippen molar-refractivity contribution in [1.82, 2.24) is 20.1 Å². The molecule has 2 aliphatic rings. The maximum absolute atomic E-state index is 13.4. The molecule has 4 rings (SSSR count). The van der Waals surface area contributed by atoms with Crippen LogP contribution in [0.2, 0.25) is 5.02 Å². The summed E-state index contributed by atoms with van der Waals surface area (Å²) in [6.07, 6.45) is 3.57. The number of amides is 2. The van der Waals surface area contributed by atoms with Crippen LogP contribution in [-0.2, 0) is 20.9 Å². The van der Waals surface area contributed by atoms with Gasteiger partial charge in [0.2, 0.25) is 11.8 Å². The summed E-state index contributed by atoms with van der Waals surface area (Å²) in [5.41, 5.74) is 1.13. The first kappa shape index (κ1) is 26.9. The van der Waals surface area contributed by atoms with Gasteiger partial charge in [0.15, 0.2) is 0 Å². The Hall–Kier alpha value is -2.20. The molecule has 3 heterocycles. The van der Waals surface area contributed by atoms with Gasteiger partial charge in [-0.15, -0.1) is 11.3 Å². The summed E-state index contributed by atoms with van der Waals surface area (Å²) in [6.45, 7) is 9.54. The molecule has 196 valence electrons. The molecule has 8 nitrogen and oxygen atoms in total. The number of aromatic nitrogens is 1. The molecular formula is C26H35ClN4O4S. The number of carbonyl (C=O) groups is 2. The van der Waals surface area contributed by atoms with Crippen LogP contribution >= 0.6 is 22.9 Å². The standard InChI is InChI=1S/C26H35ClN4O4S/c1-18-12-22(13-19(2)25(18)27)34-17-26(16-30(9-10-35-26)15-23-28-6-11-36-23)14-24(33)31-7-4-21(5-8-31)29-20(3)32/h6,11-13,21H,4-5,7-10,14-17H2,1-3H3,(H,29,32). The predicted molar refractivity (Wildman–Crippen MR) is 141 cm³/mol. The number of halogens is 1. The van der Waals surface area contributed by atoms with Gasteiger partial charge in [-0.1, -0.05) is 11.6 Å². The molecule has 0 spiro atoms. The minimum Gasteiger partial charge on any atom is -0.490 e. The number of piperidine rings is 1. The second-order valence-electron chi connectivity index (χ2n) is 9.86. The zero-order valence-electron chi connectivity index (χ0n) is 21.2. The number of likely N-dealkylation sites (tertiary alicyclic amines) is 1. The van der Waals surface area contributed by atoms with Gasteiger partial charge < -0.3 is 19.7 Å². The molecule has 1 aromatic heterocycles. The highest BCUT2D eigenvalue weighted by Crippen LogP contribution is 2.30. The number of thiazole rings is 1. The third-order valence-corrected chi connectivity index (χ3v) is 8.17. The fourth-order valence-corrected chi connectivity index (χ4v) is 5.75. The van der Waals surface area contributed by atoms with Crippen LogP contribution in [0.1, 0.15) is 42.3 Å². The number of morpholine rings is 1. The molecule has 36 heavy (non-hydrogen) atoms. The SMILES string of the molecule is CC(=O)NC1CCN(C(=O)CC2(COc3cc(C)c(Cl)c(C)c3)CN(Cc3nccs3)CCO2)CC1. The number of benzene rings is 1. The largest absolute Gasteiger partial charge is 0.490 e. The summed E-state index contributed by atoms with van der Waals surface area (Å²) in [6, 6.07) is 3.97. The molecule has 1 aromatic carbocycles. The van der Waals surface area contributed by atoms with Gasteiger partial charge in [-0.25, -0.2) is 4.98 Å². The van der Waals surface area contributed by atoms with Crippen molar-refractivity contribution in [3.63, 3.8) is 0 Å². The van der Waals surface area contributed by atoms with Crippen molar-refractivity contribution in [3.05, 3.63) is 44.9 Å². The van der Waals surface area contributed by atoms with Gasteiger partial charge in [0.05, 0.1) is 19.6 Å². The lowest BCUT2D eigenvalue weighted by Crippen LogP contribution is -2.57. The van der Waals surface area contributed by atoms with E-state index in [0.717, 1.165) is 52.8 Å². The van der Waals surface area contributed by atoms with Crippen LogP contribution < -0.4 is 10.1 Å². The minimum atomic E-state index is -0.775. The Morgan fingerprint density at radius 1 is 1.25 bits per heavy atom. The molecule has 1 N–H and O–H groups in total. The average molecular weight is 535 g/mol. The summed E-state index contributed by atoms with van der Waals surface area (Å²) in [7, 11) is 0. The van der Waals surface area contributed by atoms with Crippen molar-refractivity contribution in [2.45, 2.75) is 58.2 Å². The monoisotopic (exact) mass is 534 g/mol. The van der Waals surface area contributed by atoms with E-state index in [1.54, 1.807) is 11.3 Å². The Balaban J connectivity index is 1.46. The second kappa shape index (κ2) is 11.9. The zero-order chi connectivity index (χ0) is 25.7. The Morgan fingerprint density at radius 2 is 1.97 bits per heavy atom. The number of ether oxygens (including phenoxy) is 2. The molecule has 0 bridgehead atoms. The highest BCUT2D eigenvalue weighted by atomic mass is 35.5. The third kappa shape index (κ3) is 6.97. The van der Waals surface area contributed by atoms with Crippen LogP contribution in [0.25, 0.3) is 0 Å². The van der Waals surface area contributed by atoms with Crippen LogP contribution in [0.15, 0.2) is 23.7 Å². The number of hydrogen-bond donors (Lipinski definition) is 1. The van der Waals surface area contributed by atoms with E-state index in [4.69, 9.17) is 21.1 Å². The lowest BCUT2D eigenvalue weighted by Gasteiger charge is -2.43. The molecule has 10 heteroatoms. The Morgan fingerprint density at radius 3 is 2.61 bits per heavy atom. The van der Waals surface area contributed by atoms with E-state index >= 15 is 0 Å². The molecule has 0 aliphatic carbocycles. The molecule has 1 unspecified atom stereocenters. The van der Waals surface area contributed by atoms with E-state index in [0.29, 0.717) is 26.2 Å². The smallest absolute Gasteiger partial charge is 0.225 e. The number of nitrogens with one attached hydrogen (secondary N) is 1. The first-order chi connectivity index (χ1) is 17.2. The molecule has 0 saturated carbocycles. The molecule has 1 atom stereocenters. The Kier molecular flexibility index (Phi) is 8.87. The van der Waals surface area contributed by atoms with E-state index in [2.05, 4.69) is 15.2 Å². The van der Waals surface area contributed by atoms with Gasteiger partial charge in [-0.05, 0) is 49.9 Å². The summed E-state index contributed by atoms with van der Waals surface area (Å²) in [5, 5.41) is 6.72. The van der Waals surface area contributed by atoms with E-state index in [9.17, 15) is 9.59 Å². The van der Waals surface area contributed by atoms with E-state index < -0.39 is 5.60 Å². The summed E-state index contributed by atoms with van der Waals surface area (Å²) in [4.78, 5) is 33.4. The van der Waals surface area contributed by atoms with E-state index in [1.807, 2.05) is 42.5 Å².